The van der Waals surface area contributed by atoms with E-state index in [0.29, 0.717) is 0 Å². The van der Waals surface area contributed by atoms with Crippen LogP contribution >= 0.6 is 0 Å². The van der Waals surface area contributed by atoms with Gasteiger partial charge in [0.2, 0.25) is 0 Å². The number of carbonyl (C=O) groups excluding carboxylic acids is 2. The van der Waals surface area contributed by atoms with Gasteiger partial charge in [-0.1, -0.05) is 0 Å². The van der Waals surface area contributed by atoms with Crippen LogP contribution in [0.1, 0.15) is 13.3 Å². The summed E-state index contributed by atoms with van der Waals surface area (Å²) in [5, 5.41) is 10.6. The Hall–Kier alpha value is -1.15. The Morgan fingerprint density at radius 1 is 1.56 bits per heavy atom. The van der Waals surface area contributed by atoms with Crippen LogP contribution < -0.4 is 5.32 Å². The molecule has 1 saturated heterocycles. The quantitative estimate of drug-likeness (QED) is 0.662. The van der Waals surface area contributed by atoms with Crippen molar-refractivity contribution in [3.8, 4) is 0 Å². The van der Waals surface area contributed by atoms with Crippen molar-refractivity contribution in [2.45, 2.75) is 38.0 Å². The SMILES string of the molecule is C[C@@H]1O[C@@H](O)C[C@H](NC(=O)C(F)(F)F)C1=O. The smallest absolute Gasteiger partial charge is 0.368 e. The van der Waals surface area contributed by atoms with E-state index in [9.17, 15) is 22.8 Å². The molecule has 0 aliphatic carbocycles. The molecule has 0 saturated carbocycles. The minimum Gasteiger partial charge on any atom is -0.368 e. The highest BCUT2D eigenvalue weighted by molar-refractivity contribution is 5.93. The van der Waals surface area contributed by atoms with Crippen LogP contribution in [0.5, 0.6) is 0 Å². The highest BCUT2D eigenvalue weighted by Gasteiger charge is 2.43. The van der Waals surface area contributed by atoms with E-state index in [1.807, 2.05) is 0 Å². The summed E-state index contributed by atoms with van der Waals surface area (Å²) >= 11 is 0. The normalized spacial score (nSPS) is 31.3. The molecule has 0 spiro atoms. The van der Waals surface area contributed by atoms with Gasteiger partial charge in [0.1, 0.15) is 6.10 Å². The summed E-state index contributed by atoms with van der Waals surface area (Å²) in [4.78, 5) is 21.9. The third-order valence-electron chi connectivity index (χ3n) is 2.11. The molecule has 1 heterocycles. The number of nitrogens with one attached hydrogen (secondary N) is 1. The fraction of sp³-hybridized carbons (Fsp3) is 0.750. The molecule has 0 unspecified atom stereocenters. The number of hydrogen-bond acceptors (Lipinski definition) is 4. The van der Waals surface area contributed by atoms with Gasteiger partial charge < -0.3 is 15.2 Å². The van der Waals surface area contributed by atoms with Crippen molar-refractivity contribution in [1.29, 1.82) is 0 Å². The molecule has 1 fully saturated rings. The molecular weight excluding hydrogens is 231 g/mol. The van der Waals surface area contributed by atoms with Gasteiger partial charge >= 0.3 is 12.1 Å². The lowest BCUT2D eigenvalue weighted by Gasteiger charge is -2.30. The topological polar surface area (TPSA) is 75.6 Å². The van der Waals surface area contributed by atoms with E-state index < -0.39 is 36.3 Å². The van der Waals surface area contributed by atoms with E-state index in [1.54, 1.807) is 0 Å². The minimum absolute atomic E-state index is 0.384. The van der Waals surface area contributed by atoms with Crippen LogP contribution in [0, 0.1) is 0 Å². The number of alkyl halides is 3. The molecule has 1 aliphatic heterocycles. The summed E-state index contributed by atoms with van der Waals surface area (Å²) in [5.74, 6) is -2.89. The molecule has 1 amide bonds. The maximum atomic E-state index is 11.9. The first-order valence-corrected chi connectivity index (χ1v) is 4.46. The fourth-order valence-electron chi connectivity index (χ4n) is 1.33. The Morgan fingerprint density at radius 2 is 2.12 bits per heavy atom. The van der Waals surface area contributed by atoms with Gasteiger partial charge in [0, 0.05) is 6.42 Å². The standard InChI is InChI=1S/C8H10F3NO4/c1-3-6(14)4(2-5(13)16-3)12-7(15)8(9,10)11/h3-5,13H,2H2,1H3,(H,12,15)/t3-,4-,5+/m0/s1. The highest BCUT2D eigenvalue weighted by atomic mass is 19.4. The summed E-state index contributed by atoms with van der Waals surface area (Å²) in [6, 6.07) is -1.37. The Kier molecular flexibility index (Phi) is 3.54. The van der Waals surface area contributed by atoms with Crippen molar-refractivity contribution in [2.24, 2.45) is 0 Å². The van der Waals surface area contributed by atoms with Crippen LogP contribution in [-0.4, -0.2) is 41.4 Å². The fourth-order valence-corrected chi connectivity index (χ4v) is 1.33. The van der Waals surface area contributed by atoms with Gasteiger partial charge in [0.25, 0.3) is 0 Å². The molecule has 0 aromatic rings. The largest absolute Gasteiger partial charge is 0.471 e. The maximum Gasteiger partial charge on any atom is 0.471 e. The monoisotopic (exact) mass is 241 g/mol. The number of aliphatic hydroxyl groups excluding tert-OH is 1. The van der Waals surface area contributed by atoms with Gasteiger partial charge in [-0.25, -0.2) is 0 Å². The lowest BCUT2D eigenvalue weighted by atomic mass is 10.0. The Balaban J connectivity index is 2.66. The van der Waals surface area contributed by atoms with Crippen molar-refractivity contribution in [3.05, 3.63) is 0 Å². The number of aliphatic hydroxyl groups is 1. The molecule has 0 bridgehead atoms. The summed E-state index contributed by atoms with van der Waals surface area (Å²) in [6.45, 7) is 1.29. The van der Waals surface area contributed by atoms with Crippen molar-refractivity contribution in [2.75, 3.05) is 0 Å². The van der Waals surface area contributed by atoms with Gasteiger partial charge in [-0.05, 0) is 6.92 Å². The number of Topliss-reactive ketones (excluding diaryl/α,β-unsaturated/α-hetero) is 1. The van der Waals surface area contributed by atoms with E-state index in [-0.39, 0.29) is 6.42 Å². The van der Waals surface area contributed by atoms with Gasteiger partial charge in [0.15, 0.2) is 12.1 Å². The first-order chi connectivity index (χ1) is 7.21. The molecule has 0 aromatic carbocycles. The third-order valence-corrected chi connectivity index (χ3v) is 2.11. The van der Waals surface area contributed by atoms with Crippen molar-refractivity contribution < 1.29 is 32.6 Å². The van der Waals surface area contributed by atoms with Crippen molar-refractivity contribution in [1.82, 2.24) is 5.32 Å². The van der Waals surface area contributed by atoms with Crippen LogP contribution in [0.15, 0.2) is 0 Å². The van der Waals surface area contributed by atoms with Gasteiger partial charge in [-0.15, -0.1) is 0 Å². The molecule has 92 valence electrons. The maximum absolute atomic E-state index is 11.9. The average Bonchev–Trinajstić information content (AvgIpc) is 2.11. The average molecular weight is 241 g/mol. The molecule has 5 nitrogen and oxygen atoms in total. The van der Waals surface area contributed by atoms with Gasteiger partial charge in [-0.2, -0.15) is 13.2 Å². The molecule has 8 heteroatoms. The molecule has 1 rings (SSSR count). The Bertz CT molecular complexity index is 302. The van der Waals surface area contributed by atoms with Crippen LogP contribution in [0.25, 0.3) is 0 Å². The highest BCUT2D eigenvalue weighted by Crippen LogP contribution is 2.18. The minimum atomic E-state index is -5.05. The van der Waals surface area contributed by atoms with Gasteiger partial charge in [-0.3, -0.25) is 9.59 Å². The number of halogens is 3. The number of ketones is 1. The van der Waals surface area contributed by atoms with Gasteiger partial charge in [0.05, 0.1) is 6.04 Å². The van der Waals surface area contributed by atoms with E-state index in [4.69, 9.17) is 5.11 Å². The van der Waals surface area contributed by atoms with E-state index in [0.717, 1.165) is 0 Å². The summed E-state index contributed by atoms with van der Waals surface area (Å²) < 4.78 is 40.4. The Labute approximate surface area is 88.6 Å². The Morgan fingerprint density at radius 3 is 2.62 bits per heavy atom. The van der Waals surface area contributed by atoms with E-state index in [1.165, 1.54) is 12.2 Å². The molecule has 0 radical (unpaired) electrons. The second-order valence-corrected chi connectivity index (χ2v) is 3.39. The van der Waals surface area contributed by atoms with Crippen molar-refractivity contribution >= 4 is 11.7 Å². The lowest BCUT2D eigenvalue weighted by Crippen LogP contribution is -2.54. The second-order valence-electron chi connectivity index (χ2n) is 3.39. The van der Waals surface area contributed by atoms with Crippen LogP contribution in [0.3, 0.4) is 0 Å². The number of ether oxygens (including phenoxy) is 1. The lowest BCUT2D eigenvalue weighted by molar-refractivity contribution is -0.186. The zero-order chi connectivity index (χ0) is 12.5. The number of hydrogen-bond donors (Lipinski definition) is 2. The second kappa shape index (κ2) is 4.38. The third kappa shape index (κ3) is 2.92. The molecule has 1 aliphatic rings. The number of amides is 1. The van der Waals surface area contributed by atoms with E-state index in [2.05, 4.69) is 4.74 Å². The first kappa shape index (κ1) is 12.9. The van der Waals surface area contributed by atoms with Crippen molar-refractivity contribution in [3.63, 3.8) is 0 Å². The zero-order valence-electron chi connectivity index (χ0n) is 8.25. The summed E-state index contributed by atoms with van der Waals surface area (Å²) in [5.41, 5.74) is 0. The van der Waals surface area contributed by atoms with Crippen LogP contribution in [0.4, 0.5) is 13.2 Å². The molecule has 16 heavy (non-hydrogen) atoms. The van der Waals surface area contributed by atoms with E-state index >= 15 is 0 Å². The molecule has 0 aromatic heterocycles. The summed E-state index contributed by atoms with van der Waals surface area (Å²) in [6.07, 6.45) is -7.83. The summed E-state index contributed by atoms with van der Waals surface area (Å²) in [7, 11) is 0. The molecular formula is C8H10F3NO4. The molecule has 2 N–H and O–H groups in total. The number of rotatable bonds is 1. The van der Waals surface area contributed by atoms with Crippen LogP contribution in [-0.2, 0) is 14.3 Å². The molecule has 3 atom stereocenters. The predicted octanol–water partition coefficient (Wildman–Crippen LogP) is -0.270. The van der Waals surface area contributed by atoms with Crippen LogP contribution in [0.2, 0.25) is 0 Å². The number of carbonyl (C=O) groups is 2. The first-order valence-electron chi connectivity index (χ1n) is 4.46. The zero-order valence-corrected chi connectivity index (χ0v) is 8.25. The predicted molar refractivity (Wildman–Crippen MR) is 44.2 cm³/mol.